The smallest absolute Gasteiger partial charge is 0.188 e. The lowest BCUT2D eigenvalue weighted by atomic mass is 10.3. The lowest BCUT2D eigenvalue weighted by Gasteiger charge is -2.15. The summed E-state index contributed by atoms with van der Waals surface area (Å²) in [5, 5.41) is 15.4. The molecule has 0 saturated carbocycles. The summed E-state index contributed by atoms with van der Waals surface area (Å²) in [5.41, 5.74) is 1.87. The summed E-state index contributed by atoms with van der Waals surface area (Å²) in [7, 11) is 0. The summed E-state index contributed by atoms with van der Waals surface area (Å²) in [6.45, 7) is 5.88. The van der Waals surface area contributed by atoms with Crippen LogP contribution in [0.15, 0.2) is 24.5 Å². The van der Waals surface area contributed by atoms with E-state index in [-0.39, 0.29) is 6.10 Å². The van der Waals surface area contributed by atoms with E-state index in [1.165, 1.54) is 0 Å². The molecule has 4 heterocycles. The molecular formula is C16H19N5O2S. The summed E-state index contributed by atoms with van der Waals surface area (Å²) in [5.74, 6) is 0.685. The van der Waals surface area contributed by atoms with Crippen molar-refractivity contribution in [3.63, 3.8) is 0 Å². The van der Waals surface area contributed by atoms with Gasteiger partial charge in [0.25, 0.3) is 0 Å². The van der Waals surface area contributed by atoms with Crippen molar-refractivity contribution in [3.8, 4) is 5.75 Å². The molecule has 0 aromatic carbocycles. The molecule has 7 nitrogen and oxygen atoms in total. The number of thiazole rings is 1. The number of hydrogen-bond donors (Lipinski definition) is 1. The molecule has 126 valence electrons. The number of ether oxygens (including phenoxy) is 1. The van der Waals surface area contributed by atoms with E-state index in [2.05, 4.69) is 20.0 Å². The lowest BCUT2D eigenvalue weighted by Crippen LogP contribution is -2.29. The number of aryl methyl sites for hydroxylation is 2. The molecule has 1 saturated heterocycles. The molecule has 1 fully saturated rings. The molecule has 0 spiro atoms. The highest BCUT2D eigenvalue weighted by Crippen LogP contribution is 2.31. The molecule has 8 heteroatoms. The highest BCUT2D eigenvalue weighted by atomic mass is 32.1. The van der Waals surface area contributed by atoms with Crippen LogP contribution < -0.4 is 9.64 Å². The van der Waals surface area contributed by atoms with Crippen molar-refractivity contribution < 1.29 is 9.84 Å². The van der Waals surface area contributed by atoms with Gasteiger partial charge in [-0.25, -0.2) is 9.97 Å². The Hall–Kier alpha value is -2.19. The summed E-state index contributed by atoms with van der Waals surface area (Å²) < 4.78 is 7.70. The van der Waals surface area contributed by atoms with Gasteiger partial charge in [-0.05, 0) is 26.0 Å². The maximum absolute atomic E-state index is 10.3. The second kappa shape index (κ2) is 6.03. The lowest BCUT2D eigenvalue weighted by molar-refractivity contribution is 0.0737. The van der Waals surface area contributed by atoms with Crippen molar-refractivity contribution in [2.24, 2.45) is 0 Å². The highest BCUT2D eigenvalue weighted by molar-refractivity contribution is 7.21. The third-order valence-electron chi connectivity index (χ3n) is 4.11. The minimum Gasteiger partial charge on any atom is -0.482 e. The molecule has 1 aliphatic heterocycles. The van der Waals surface area contributed by atoms with Crippen LogP contribution in [0.4, 0.5) is 5.13 Å². The van der Waals surface area contributed by atoms with E-state index in [0.29, 0.717) is 18.8 Å². The second-order valence-electron chi connectivity index (χ2n) is 5.93. The zero-order valence-corrected chi connectivity index (χ0v) is 14.4. The minimum atomic E-state index is -0.559. The molecule has 24 heavy (non-hydrogen) atoms. The average molecular weight is 345 g/mol. The Morgan fingerprint density at radius 3 is 3.00 bits per heavy atom. The fourth-order valence-corrected chi connectivity index (χ4v) is 3.82. The number of aromatic nitrogens is 4. The van der Waals surface area contributed by atoms with Gasteiger partial charge < -0.3 is 14.7 Å². The van der Waals surface area contributed by atoms with Crippen LogP contribution in [-0.4, -0.2) is 50.2 Å². The predicted octanol–water partition coefficient (Wildman–Crippen LogP) is 1.84. The first kappa shape index (κ1) is 15.3. The van der Waals surface area contributed by atoms with Crippen molar-refractivity contribution in [1.29, 1.82) is 0 Å². The summed E-state index contributed by atoms with van der Waals surface area (Å²) in [6, 6.07) is 3.94. The van der Waals surface area contributed by atoms with Crippen LogP contribution in [0.2, 0.25) is 0 Å². The largest absolute Gasteiger partial charge is 0.482 e. The Kier molecular flexibility index (Phi) is 3.85. The second-order valence-corrected chi connectivity index (χ2v) is 6.89. The van der Waals surface area contributed by atoms with Gasteiger partial charge in [-0.1, -0.05) is 11.3 Å². The van der Waals surface area contributed by atoms with Crippen molar-refractivity contribution in [2.45, 2.75) is 32.6 Å². The molecule has 0 amide bonds. The van der Waals surface area contributed by atoms with E-state index in [4.69, 9.17) is 4.74 Å². The topological polar surface area (TPSA) is 76.3 Å². The number of rotatable bonds is 4. The van der Waals surface area contributed by atoms with E-state index in [9.17, 15) is 5.11 Å². The maximum Gasteiger partial charge on any atom is 0.188 e. The van der Waals surface area contributed by atoms with Crippen molar-refractivity contribution >= 4 is 26.8 Å². The Morgan fingerprint density at radius 1 is 1.33 bits per heavy atom. The molecule has 0 bridgehead atoms. The molecule has 2 atom stereocenters. The summed E-state index contributed by atoms with van der Waals surface area (Å²) >= 11 is 1.55. The summed E-state index contributed by atoms with van der Waals surface area (Å²) in [4.78, 5) is 12.1. The van der Waals surface area contributed by atoms with E-state index in [1.54, 1.807) is 22.2 Å². The zero-order valence-electron chi connectivity index (χ0n) is 13.6. The van der Waals surface area contributed by atoms with Crippen LogP contribution in [0.1, 0.15) is 12.6 Å². The third-order valence-corrected chi connectivity index (χ3v) is 5.14. The van der Waals surface area contributed by atoms with Crippen molar-refractivity contribution in [3.05, 3.63) is 30.2 Å². The van der Waals surface area contributed by atoms with Gasteiger partial charge in [0.1, 0.15) is 22.6 Å². The molecule has 0 radical (unpaired) electrons. The standard InChI is InChI=1S/C16H19N5O2S/c1-3-21-7-11(6-17-21)23-14-9-20(8-13(14)22)16-19-12-5-4-10(2)18-15(12)24-16/h4-7,13-14,22H,3,8-9H2,1-2H3/t13-,14-/m1/s1. The Bertz CT molecular complexity index is 861. The van der Waals surface area contributed by atoms with E-state index in [0.717, 1.165) is 27.7 Å². The Balaban J connectivity index is 1.50. The van der Waals surface area contributed by atoms with Crippen LogP contribution in [0.3, 0.4) is 0 Å². The van der Waals surface area contributed by atoms with Crippen LogP contribution in [0.25, 0.3) is 10.3 Å². The van der Waals surface area contributed by atoms with E-state index >= 15 is 0 Å². The number of β-amino-alcohol motifs (C(OH)–C–C–N with tert-alkyl or cyclic N) is 1. The maximum atomic E-state index is 10.3. The first-order valence-corrected chi connectivity index (χ1v) is 8.80. The molecule has 1 aliphatic rings. The molecule has 3 aromatic heterocycles. The molecule has 0 unspecified atom stereocenters. The predicted molar refractivity (Wildman–Crippen MR) is 92.7 cm³/mol. The molecule has 0 aliphatic carbocycles. The van der Waals surface area contributed by atoms with Gasteiger partial charge in [-0.2, -0.15) is 5.10 Å². The van der Waals surface area contributed by atoms with Gasteiger partial charge in [-0.3, -0.25) is 4.68 Å². The monoisotopic (exact) mass is 345 g/mol. The van der Waals surface area contributed by atoms with Gasteiger partial charge in [0, 0.05) is 18.8 Å². The summed E-state index contributed by atoms with van der Waals surface area (Å²) in [6.07, 6.45) is 2.68. The van der Waals surface area contributed by atoms with E-state index in [1.807, 2.05) is 32.2 Å². The Morgan fingerprint density at radius 2 is 2.21 bits per heavy atom. The number of pyridine rings is 1. The number of fused-ring (bicyclic) bond motifs is 1. The average Bonchev–Trinajstić information content (AvgIpc) is 3.26. The van der Waals surface area contributed by atoms with Crippen LogP contribution in [0.5, 0.6) is 5.75 Å². The number of aliphatic hydroxyl groups is 1. The van der Waals surface area contributed by atoms with Crippen LogP contribution in [0, 0.1) is 6.92 Å². The van der Waals surface area contributed by atoms with E-state index < -0.39 is 6.10 Å². The SMILES string of the molecule is CCn1cc(O[C@@H]2CN(c3nc4ccc(C)nc4s3)C[C@H]2O)cn1. The molecular weight excluding hydrogens is 326 g/mol. The number of anilines is 1. The normalized spacial score (nSPS) is 20.9. The van der Waals surface area contributed by atoms with Crippen molar-refractivity contribution in [2.75, 3.05) is 18.0 Å². The molecule has 1 N–H and O–H groups in total. The fraction of sp³-hybridized carbons (Fsp3) is 0.438. The van der Waals surface area contributed by atoms with Gasteiger partial charge in [0.2, 0.25) is 0 Å². The Labute approximate surface area is 143 Å². The molecule has 4 rings (SSSR count). The number of nitrogens with zero attached hydrogens (tertiary/aromatic N) is 5. The fourth-order valence-electron chi connectivity index (χ4n) is 2.82. The van der Waals surface area contributed by atoms with Gasteiger partial charge >= 0.3 is 0 Å². The molecule has 3 aromatic rings. The van der Waals surface area contributed by atoms with Crippen molar-refractivity contribution in [1.82, 2.24) is 19.7 Å². The van der Waals surface area contributed by atoms with Gasteiger partial charge in [0.15, 0.2) is 10.9 Å². The van der Waals surface area contributed by atoms with Gasteiger partial charge in [0.05, 0.1) is 18.9 Å². The quantitative estimate of drug-likeness (QED) is 0.778. The third kappa shape index (κ3) is 2.83. The first-order valence-electron chi connectivity index (χ1n) is 7.98. The highest BCUT2D eigenvalue weighted by Gasteiger charge is 2.35. The number of aliphatic hydroxyl groups excluding tert-OH is 1. The van der Waals surface area contributed by atoms with Crippen LogP contribution >= 0.6 is 11.3 Å². The van der Waals surface area contributed by atoms with Gasteiger partial charge in [-0.15, -0.1) is 0 Å². The zero-order chi connectivity index (χ0) is 16.7. The number of hydrogen-bond acceptors (Lipinski definition) is 7. The first-order chi connectivity index (χ1) is 11.6. The van der Waals surface area contributed by atoms with Crippen LogP contribution in [-0.2, 0) is 6.54 Å². The minimum absolute atomic E-state index is 0.291.